The van der Waals surface area contributed by atoms with Crippen molar-refractivity contribution in [3.05, 3.63) is 35.9 Å². The van der Waals surface area contributed by atoms with Crippen molar-refractivity contribution in [2.75, 3.05) is 0 Å². The molecule has 0 spiro atoms. The van der Waals surface area contributed by atoms with Crippen LogP contribution in [0.3, 0.4) is 0 Å². The molecule has 1 aromatic rings. The Morgan fingerprint density at radius 1 is 1.10 bits per heavy atom. The summed E-state index contributed by atoms with van der Waals surface area (Å²) in [6.07, 6.45) is 0. The van der Waals surface area contributed by atoms with Crippen LogP contribution >= 0.6 is 0 Å². The first-order valence-corrected chi connectivity index (χ1v) is 2.55. The van der Waals surface area contributed by atoms with Gasteiger partial charge < -0.3 is 17.5 Å². The van der Waals surface area contributed by atoms with Crippen LogP contribution in [-0.4, -0.2) is 23.1 Å². The molecular weight excluding hydrogens is 160 g/mol. The van der Waals surface area contributed by atoms with Gasteiger partial charge in [-0.1, -0.05) is 35.9 Å². The Labute approximate surface area is 83.0 Å². The van der Waals surface area contributed by atoms with Crippen molar-refractivity contribution in [3.8, 4) is 0 Å². The molecule has 1 rings (SSSR count). The van der Waals surface area contributed by atoms with E-state index in [0.29, 0.717) is 0 Å². The maximum absolute atomic E-state index is 10.1. The quantitative estimate of drug-likeness (QED) is 0.413. The van der Waals surface area contributed by atoms with E-state index in [2.05, 4.69) is 0 Å². The molecule has 0 saturated carbocycles. The number of rotatable bonds is 1. The molecule has 0 aromatic heterocycles. The molecule has 0 N–H and O–H groups in total. The zero-order chi connectivity index (χ0) is 5.82. The Morgan fingerprint density at radius 2 is 1.60 bits per heavy atom. The van der Waals surface area contributed by atoms with Crippen LogP contribution < -0.4 is 17.5 Å². The van der Waals surface area contributed by atoms with E-state index in [0.717, 1.165) is 5.56 Å². The summed E-state index contributed by atoms with van der Waals surface area (Å²) in [5, 5.41) is 10.1. The van der Waals surface area contributed by atoms with Crippen LogP contribution in [-0.2, 0) is 6.61 Å². The molecule has 10 heavy (non-hydrogen) atoms. The van der Waals surface area contributed by atoms with Crippen molar-refractivity contribution in [2.24, 2.45) is 0 Å². The van der Waals surface area contributed by atoms with E-state index in [9.17, 15) is 5.11 Å². The van der Waals surface area contributed by atoms with Gasteiger partial charge in [-0.3, -0.25) is 0 Å². The molecule has 1 aromatic carbocycles. The molecular formula is C7H7ClMgO. The van der Waals surface area contributed by atoms with E-state index in [1.807, 2.05) is 30.3 Å². The minimum atomic E-state index is -0.110. The molecule has 0 aliphatic rings. The first kappa shape index (κ1) is 12.9. The molecule has 0 atom stereocenters. The molecule has 50 valence electrons. The van der Waals surface area contributed by atoms with Gasteiger partial charge in [-0.25, -0.2) is 0 Å². The van der Waals surface area contributed by atoms with Gasteiger partial charge in [0.15, 0.2) is 0 Å². The fourth-order valence-corrected chi connectivity index (χ4v) is 0.574. The van der Waals surface area contributed by atoms with Gasteiger partial charge in [0.25, 0.3) is 0 Å². The average Bonchev–Trinajstić information content (AvgIpc) is 1.90. The fraction of sp³-hybridized carbons (Fsp3) is 0.143. The van der Waals surface area contributed by atoms with Crippen molar-refractivity contribution in [2.45, 2.75) is 6.61 Å². The third-order valence-electron chi connectivity index (χ3n) is 1.01. The van der Waals surface area contributed by atoms with Crippen molar-refractivity contribution < 1.29 is 17.5 Å². The number of benzene rings is 1. The second kappa shape index (κ2) is 7.34. The summed E-state index contributed by atoms with van der Waals surface area (Å²) in [5.74, 6) is 0. The number of halogens is 1. The molecule has 0 fully saturated rings. The molecule has 0 unspecified atom stereocenters. The van der Waals surface area contributed by atoms with Crippen LogP contribution in [0.2, 0.25) is 0 Å². The predicted octanol–water partition coefficient (Wildman–Crippen LogP) is -2.83. The van der Waals surface area contributed by atoms with E-state index >= 15 is 0 Å². The Balaban J connectivity index is 0. The number of hydrogen-bond acceptors (Lipinski definition) is 1. The normalized spacial score (nSPS) is 7.30. The SMILES string of the molecule is [Cl-].[Mg+2].[O-]Cc1ccccc1. The molecule has 0 aliphatic carbocycles. The summed E-state index contributed by atoms with van der Waals surface area (Å²) in [7, 11) is 0. The zero-order valence-electron chi connectivity index (χ0n) is 5.59. The van der Waals surface area contributed by atoms with Gasteiger partial charge in [0.05, 0.1) is 0 Å². The smallest absolute Gasteiger partial charge is 1.00 e. The maximum atomic E-state index is 10.1. The molecule has 3 heteroatoms. The van der Waals surface area contributed by atoms with Crippen molar-refractivity contribution >= 4 is 23.1 Å². The molecule has 0 radical (unpaired) electrons. The Morgan fingerprint density at radius 3 is 1.90 bits per heavy atom. The first-order valence-electron chi connectivity index (χ1n) is 2.55. The summed E-state index contributed by atoms with van der Waals surface area (Å²) in [5.41, 5.74) is 0.854. The third kappa shape index (κ3) is 4.12. The zero-order valence-corrected chi connectivity index (χ0v) is 7.76. The van der Waals surface area contributed by atoms with Crippen LogP contribution in [0.15, 0.2) is 30.3 Å². The van der Waals surface area contributed by atoms with Gasteiger partial charge in [-0.15, -0.1) is 6.61 Å². The van der Waals surface area contributed by atoms with Gasteiger partial charge in [0, 0.05) is 0 Å². The van der Waals surface area contributed by atoms with Gasteiger partial charge >= 0.3 is 23.1 Å². The Bertz CT molecular complexity index is 155. The average molecular weight is 167 g/mol. The van der Waals surface area contributed by atoms with Crippen LogP contribution in [0.1, 0.15) is 5.56 Å². The minimum absolute atomic E-state index is 0. The standard InChI is InChI=1S/C7H7O.ClH.Mg/c8-6-7-4-2-1-3-5-7;;/h1-5H,6H2;1H;/q-1;;+2/p-1. The van der Waals surface area contributed by atoms with Gasteiger partial charge in [0.2, 0.25) is 0 Å². The fourth-order valence-electron chi connectivity index (χ4n) is 0.574. The monoisotopic (exact) mass is 166 g/mol. The Kier molecular flexibility index (Phi) is 9.45. The van der Waals surface area contributed by atoms with Crippen molar-refractivity contribution in [1.29, 1.82) is 0 Å². The van der Waals surface area contributed by atoms with Crippen LogP contribution in [0.25, 0.3) is 0 Å². The minimum Gasteiger partial charge on any atom is -1.00 e. The van der Waals surface area contributed by atoms with Crippen molar-refractivity contribution in [3.63, 3.8) is 0 Å². The predicted molar refractivity (Wildman–Crippen MR) is 35.9 cm³/mol. The van der Waals surface area contributed by atoms with E-state index < -0.39 is 0 Å². The van der Waals surface area contributed by atoms with E-state index in [1.165, 1.54) is 0 Å². The second-order valence-electron chi connectivity index (χ2n) is 1.63. The molecule has 0 amide bonds. The maximum Gasteiger partial charge on any atom is 2.00 e. The third-order valence-corrected chi connectivity index (χ3v) is 1.01. The van der Waals surface area contributed by atoms with Crippen LogP contribution in [0.5, 0.6) is 0 Å². The molecule has 0 heterocycles. The summed E-state index contributed by atoms with van der Waals surface area (Å²) in [6.45, 7) is -0.110. The largest absolute Gasteiger partial charge is 2.00 e. The van der Waals surface area contributed by atoms with Gasteiger partial charge in [-0.2, -0.15) is 0 Å². The molecule has 0 bridgehead atoms. The molecule has 0 aliphatic heterocycles. The van der Waals surface area contributed by atoms with Crippen LogP contribution in [0, 0.1) is 0 Å². The number of hydrogen-bond donors (Lipinski definition) is 0. The van der Waals surface area contributed by atoms with E-state index in [4.69, 9.17) is 0 Å². The van der Waals surface area contributed by atoms with Gasteiger partial charge in [-0.05, 0) is 0 Å². The molecule has 1 nitrogen and oxygen atoms in total. The molecule has 0 saturated heterocycles. The summed E-state index contributed by atoms with van der Waals surface area (Å²) < 4.78 is 0. The first-order chi connectivity index (χ1) is 3.93. The van der Waals surface area contributed by atoms with Crippen LogP contribution in [0.4, 0.5) is 0 Å². The summed E-state index contributed by atoms with van der Waals surface area (Å²) in [6, 6.07) is 9.29. The Hall–Kier alpha value is 0.236. The summed E-state index contributed by atoms with van der Waals surface area (Å²) in [4.78, 5) is 0. The summed E-state index contributed by atoms with van der Waals surface area (Å²) >= 11 is 0. The topological polar surface area (TPSA) is 23.1 Å². The van der Waals surface area contributed by atoms with E-state index in [1.54, 1.807) is 0 Å². The van der Waals surface area contributed by atoms with Crippen molar-refractivity contribution in [1.82, 2.24) is 0 Å². The van der Waals surface area contributed by atoms with Gasteiger partial charge in [0.1, 0.15) is 0 Å². The van der Waals surface area contributed by atoms with E-state index in [-0.39, 0.29) is 42.1 Å². The second-order valence-corrected chi connectivity index (χ2v) is 1.63.